The molecule has 4 aromatic rings. The van der Waals surface area contributed by atoms with Crippen LogP contribution in [0.15, 0.2) is 78.9 Å². The largest absolute Gasteiger partial charge is 0.493 e. The number of carboxylic acids is 1. The quantitative estimate of drug-likeness (QED) is 0.466. The number of carbonyl (C=O) groups is 1. The summed E-state index contributed by atoms with van der Waals surface area (Å²) >= 11 is 0. The topological polar surface area (TPSA) is 73.6 Å². The van der Waals surface area contributed by atoms with E-state index in [1.165, 1.54) is 7.11 Å². The predicted molar refractivity (Wildman–Crippen MR) is 119 cm³/mol. The Morgan fingerprint density at radius 2 is 1.55 bits per heavy atom. The molecule has 0 saturated carbocycles. The van der Waals surface area contributed by atoms with Gasteiger partial charge in [0, 0.05) is 23.7 Å². The van der Waals surface area contributed by atoms with Gasteiger partial charge in [-0.2, -0.15) is 0 Å². The highest BCUT2D eigenvalue weighted by molar-refractivity contribution is 5.82. The average molecular weight is 414 g/mol. The number of nitrogens with zero attached hydrogens (tertiary/aromatic N) is 2. The smallest absolute Gasteiger partial charge is 0.341 e. The second kappa shape index (κ2) is 8.75. The van der Waals surface area contributed by atoms with Crippen molar-refractivity contribution in [2.75, 3.05) is 13.7 Å². The third-order valence-corrected chi connectivity index (χ3v) is 4.96. The van der Waals surface area contributed by atoms with E-state index < -0.39 is 12.6 Å². The van der Waals surface area contributed by atoms with Gasteiger partial charge in [-0.05, 0) is 18.2 Å². The van der Waals surface area contributed by atoms with Crippen molar-refractivity contribution in [3.05, 3.63) is 78.9 Å². The highest BCUT2D eigenvalue weighted by Crippen LogP contribution is 2.38. The van der Waals surface area contributed by atoms with Crippen LogP contribution in [0, 0.1) is 0 Å². The maximum atomic E-state index is 10.8. The fraction of sp³-hybridized carbons (Fsp3) is 0.120. The molecule has 1 heterocycles. The zero-order valence-electron chi connectivity index (χ0n) is 17.3. The molecule has 0 saturated heterocycles. The minimum atomic E-state index is -1.05. The average Bonchev–Trinajstić information content (AvgIpc) is 3.15. The van der Waals surface area contributed by atoms with Crippen LogP contribution in [0.5, 0.6) is 11.5 Å². The minimum Gasteiger partial charge on any atom is -0.493 e. The first-order valence-corrected chi connectivity index (χ1v) is 9.79. The molecule has 0 atom stereocenters. The molecule has 6 nitrogen and oxygen atoms in total. The van der Waals surface area contributed by atoms with Gasteiger partial charge < -0.3 is 19.1 Å². The molecule has 0 amide bonds. The van der Waals surface area contributed by atoms with Gasteiger partial charge in [-0.3, -0.25) is 0 Å². The number of rotatable bonds is 7. The first-order chi connectivity index (χ1) is 15.1. The number of aromatic nitrogens is 2. The number of methoxy groups -OCH3 is 1. The van der Waals surface area contributed by atoms with Crippen molar-refractivity contribution in [3.8, 4) is 45.4 Å². The van der Waals surface area contributed by atoms with Crippen molar-refractivity contribution in [1.29, 1.82) is 0 Å². The number of ether oxygens (including phenoxy) is 2. The zero-order valence-corrected chi connectivity index (χ0v) is 17.3. The summed E-state index contributed by atoms with van der Waals surface area (Å²) in [5.41, 5.74) is 4.82. The van der Waals surface area contributed by atoms with Gasteiger partial charge in [-0.25, -0.2) is 9.78 Å². The standard InChI is InChI=1S/C25H22N2O4/c1-27-24(18-11-7-4-8-12-18)23(17-9-5-3-6-10-17)26-25(27)19-13-14-20(21(15-19)30-2)31-16-22(28)29/h3-15H,16H2,1-2H3,(H,28,29). The van der Waals surface area contributed by atoms with Crippen LogP contribution in [0.3, 0.4) is 0 Å². The number of benzene rings is 3. The Morgan fingerprint density at radius 1 is 0.903 bits per heavy atom. The summed E-state index contributed by atoms with van der Waals surface area (Å²) in [5.74, 6) is 0.537. The molecular formula is C25H22N2O4. The Hall–Kier alpha value is -4.06. The molecule has 4 rings (SSSR count). The predicted octanol–water partition coefficient (Wildman–Crippen LogP) is 4.89. The van der Waals surface area contributed by atoms with Crippen molar-refractivity contribution < 1.29 is 19.4 Å². The Bertz CT molecular complexity index is 1200. The lowest BCUT2D eigenvalue weighted by Gasteiger charge is -2.12. The molecule has 0 aliphatic heterocycles. The monoisotopic (exact) mass is 414 g/mol. The summed E-state index contributed by atoms with van der Waals surface area (Å²) in [7, 11) is 3.51. The number of aliphatic carboxylic acids is 1. The van der Waals surface area contributed by atoms with Gasteiger partial charge in [-0.1, -0.05) is 60.7 Å². The molecule has 0 aliphatic carbocycles. The van der Waals surface area contributed by atoms with Gasteiger partial charge in [0.2, 0.25) is 0 Å². The normalized spacial score (nSPS) is 10.6. The number of carboxylic acid groups (broad SMARTS) is 1. The first kappa shape index (κ1) is 20.2. The van der Waals surface area contributed by atoms with Crippen molar-refractivity contribution in [2.45, 2.75) is 0 Å². The molecular weight excluding hydrogens is 392 g/mol. The lowest BCUT2D eigenvalue weighted by molar-refractivity contribution is -0.139. The number of imidazole rings is 1. The molecule has 0 bridgehead atoms. The summed E-state index contributed by atoms with van der Waals surface area (Å²) < 4.78 is 12.8. The third kappa shape index (κ3) is 4.14. The van der Waals surface area contributed by atoms with Gasteiger partial charge in [0.1, 0.15) is 5.82 Å². The van der Waals surface area contributed by atoms with E-state index in [2.05, 4.69) is 16.7 Å². The van der Waals surface area contributed by atoms with Crippen LogP contribution in [0.4, 0.5) is 0 Å². The molecule has 1 N–H and O–H groups in total. The van der Waals surface area contributed by atoms with E-state index in [-0.39, 0.29) is 0 Å². The Kier molecular flexibility index (Phi) is 5.71. The van der Waals surface area contributed by atoms with Crippen LogP contribution in [-0.2, 0) is 11.8 Å². The zero-order chi connectivity index (χ0) is 21.8. The third-order valence-electron chi connectivity index (χ3n) is 4.96. The molecule has 0 radical (unpaired) electrons. The Morgan fingerprint density at radius 3 is 2.16 bits per heavy atom. The number of hydrogen-bond acceptors (Lipinski definition) is 4. The van der Waals surface area contributed by atoms with Crippen molar-refractivity contribution in [3.63, 3.8) is 0 Å². The summed E-state index contributed by atoms with van der Waals surface area (Å²) in [5, 5.41) is 8.88. The van der Waals surface area contributed by atoms with Gasteiger partial charge in [-0.15, -0.1) is 0 Å². The fourth-order valence-corrected chi connectivity index (χ4v) is 3.55. The molecule has 0 unspecified atom stereocenters. The summed E-state index contributed by atoms with van der Waals surface area (Å²) in [6.45, 7) is -0.436. The second-order valence-electron chi connectivity index (χ2n) is 6.97. The van der Waals surface area contributed by atoms with Gasteiger partial charge in [0.25, 0.3) is 0 Å². The number of hydrogen-bond donors (Lipinski definition) is 1. The van der Waals surface area contributed by atoms with Crippen LogP contribution in [0.2, 0.25) is 0 Å². The molecule has 6 heteroatoms. The highest BCUT2D eigenvalue weighted by Gasteiger charge is 2.20. The minimum absolute atomic E-state index is 0.370. The van der Waals surface area contributed by atoms with Crippen molar-refractivity contribution in [1.82, 2.24) is 9.55 Å². The second-order valence-corrected chi connectivity index (χ2v) is 6.97. The highest BCUT2D eigenvalue weighted by atomic mass is 16.5. The van der Waals surface area contributed by atoms with Crippen LogP contribution < -0.4 is 9.47 Å². The summed E-state index contributed by atoms with van der Waals surface area (Å²) in [6, 6.07) is 25.6. The Labute approximate surface area is 180 Å². The van der Waals surface area contributed by atoms with Crippen LogP contribution in [0.1, 0.15) is 0 Å². The summed E-state index contributed by atoms with van der Waals surface area (Å²) in [6.07, 6.45) is 0. The first-order valence-electron chi connectivity index (χ1n) is 9.79. The lowest BCUT2D eigenvalue weighted by Crippen LogP contribution is -2.10. The van der Waals surface area contributed by atoms with Crippen LogP contribution in [-0.4, -0.2) is 34.3 Å². The Balaban J connectivity index is 1.84. The molecule has 0 aliphatic rings. The van der Waals surface area contributed by atoms with Gasteiger partial charge >= 0.3 is 5.97 Å². The molecule has 0 spiro atoms. The van der Waals surface area contributed by atoms with E-state index in [4.69, 9.17) is 19.6 Å². The van der Waals surface area contributed by atoms with Gasteiger partial charge in [0.05, 0.1) is 18.5 Å². The van der Waals surface area contributed by atoms with Crippen molar-refractivity contribution >= 4 is 5.97 Å². The molecule has 3 aromatic carbocycles. The maximum absolute atomic E-state index is 10.8. The lowest BCUT2D eigenvalue weighted by atomic mass is 10.1. The van der Waals surface area contributed by atoms with E-state index in [1.54, 1.807) is 6.07 Å². The van der Waals surface area contributed by atoms with Crippen LogP contribution in [0.25, 0.3) is 33.9 Å². The molecule has 0 fully saturated rings. The van der Waals surface area contributed by atoms with Gasteiger partial charge in [0.15, 0.2) is 18.1 Å². The summed E-state index contributed by atoms with van der Waals surface area (Å²) in [4.78, 5) is 15.8. The van der Waals surface area contributed by atoms with E-state index in [0.717, 1.165) is 33.9 Å². The van der Waals surface area contributed by atoms with Crippen molar-refractivity contribution in [2.24, 2.45) is 7.05 Å². The fourth-order valence-electron chi connectivity index (χ4n) is 3.55. The van der Waals surface area contributed by atoms with E-state index >= 15 is 0 Å². The molecule has 156 valence electrons. The van der Waals surface area contributed by atoms with E-state index in [1.807, 2.05) is 67.7 Å². The molecule has 1 aromatic heterocycles. The SMILES string of the molecule is COc1cc(-c2nc(-c3ccccc3)c(-c3ccccc3)n2C)ccc1OCC(=O)O. The van der Waals surface area contributed by atoms with E-state index in [0.29, 0.717) is 11.5 Å². The maximum Gasteiger partial charge on any atom is 0.341 e. The van der Waals surface area contributed by atoms with E-state index in [9.17, 15) is 4.79 Å². The van der Waals surface area contributed by atoms with Crippen LogP contribution >= 0.6 is 0 Å². The molecule has 31 heavy (non-hydrogen) atoms.